The van der Waals surface area contributed by atoms with E-state index in [0.29, 0.717) is 24.7 Å². The Balaban J connectivity index is 1.93. The van der Waals surface area contributed by atoms with Gasteiger partial charge in [-0.15, -0.1) is 0 Å². The summed E-state index contributed by atoms with van der Waals surface area (Å²) in [6, 6.07) is 7.84. The molecule has 134 valence electrons. The van der Waals surface area contributed by atoms with E-state index in [2.05, 4.69) is 4.72 Å². The molecule has 0 unspecified atom stereocenters. The Hall–Kier alpha value is -2.20. The summed E-state index contributed by atoms with van der Waals surface area (Å²) in [7, 11) is -7.79. The lowest BCUT2D eigenvalue weighted by Gasteiger charge is -2.18. The maximum absolute atomic E-state index is 13.7. The maximum atomic E-state index is 13.7. The Labute approximate surface area is 144 Å². The van der Waals surface area contributed by atoms with Gasteiger partial charge in [-0.05, 0) is 42.8 Å². The van der Waals surface area contributed by atoms with Gasteiger partial charge in [0.1, 0.15) is 16.5 Å². The first-order valence-corrected chi connectivity index (χ1v) is 10.4. The van der Waals surface area contributed by atoms with E-state index in [1.807, 2.05) is 0 Å². The van der Waals surface area contributed by atoms with E-state index < -0.39 is 36.6 Å². The lowest BCUT2D eigenvalue weighted by atomic mass is 10.3. The summed E-state index contributed by atoms with van der Waals surface area (Å²) < 4.78 is 78.8. The highest BCUT2D eigenvalue weighted by atomic mass is 32.2. The highest BCUT2D eigenvalue weighted by Gasteiger charge is 2.28. The number of nitrogens with one attached hydrogen (secondary N) is 1. The van der Waals surface area contributed by atoms with Crippen molar-refractivity contribution in [2.75, 3.05) is 21.3 Å². The molecule has 0 aliphatic carbocycles. The molecule has 2 aromatic rings. The van der Waals surface area contributed by atoms with Crippen molar-refractivity contribution in [3.8, 4) is 0 Å². The minimum absolute atomic E-state index is 0.0253. The molecule has 0 saturated carbocycles. The molecule has 0 atom stereocenters. The Bertz CT molecular complexity index is 1020. The van der Waals surface area contributed by atoms with Gasteiger partial charge in [0.15, 0.2) is 0 Å². The summed E-state index contributed by atoms with van der Waals surface area (Å²) >= 11 is 0. The largest absolute Gasteiger partial charge is 0.279 e. The minimum Gasteiger partial charge on any atom is -0.279 e. The Kier molecular flexibility index (Phi) is 4.41. The smallest absolute Gasteiger partial charge is 0.264 e. The quantitative estimate of drug-likeness (QED) is 0.871. The zero-order chi connectivity index (χ0) is 18.2. The van der Waals surface area contributed by atoms with Crippen molar-refractivity contribution < 1.29 is 25.6 Å². The average molecular weight is 388 g/mol. The van der Waals surface area contributed by atoms with Gasteiger partial charge in [-0.25, -0.2) is 25.6 Å². The summed E-state index contributed by atoms with van der Waals surface area (Å²) in [5.41, 5.74) is 0.348. The van der Waals surface area contributed by atoms with Gasteiger partial charge in [0, 0.05) is 6.54 Å². The number of rotatable bonds is 4. The van der Waals surface area contributed by atoms with Gasteiger partial charge >= 0.3 is 0 Å². The Morgan fingerprint density at radius 1 is 1.08 bits per heavy atom. The molecule has 6 nitrogen and oxygen atoms in total. The topological polar surface area (TPSA) is 83.6 Å². The van der Waals surface area contributed by atoms with Crippen LogP contribution in [0.2, 0.25) is 0 Å². The highest BCUT2D eigenvalue weighted by Crippen LogP contribution is 2.28. The first-order valence-electron chi connectivity index (χ1n) is 7.27. The molecule has 0 spiro atoms. The van der Waals surface area contributed by atoms with Gasteiger partial charge in [-0.3, -0.25) is 9.03 Å². The first-order chi connectivity index (χ1) is 11.7. The van der Waals surface area contributed by atoms with Crippen LogP contribution in [0, 0.1) is 11.6 Å². The van der Waals surface area contributed by atoms with Crippen molar-refractivity contribution in [2.24, 2.45) is 0 Å². The summed E-state index contributed by atoms with van der Waals surface area (Å²) in [5.74, 6) is -1.96. The van der Waals surface area contributed by atoms with Crippen molar-refractivity contribution in [1.82, 2.24) is 0 Å². The summed E-state index contributed by atoms with van der Waals surface area (Å²) in [5, 5.41) is 0. The summed E-state index contributed by atoms with van der Waals surface area (Å²) in [6.45, 7) is 0.303. The molecule has 1 saturated heterocycles. The predicted octanol–water partition coefficient (Wildman–Crippen LogP) is 2.31. The molecule has 1 aliphatic rings. The fraction of sp³-hybridized carbons (Fsp3) is 0.200. The van der Waals surface area contributed by atoms with E-state index >= 15 is 0 Å². The van der Waals surface area contributed by atoms with Gasteiger partial charge in [-0.2, -0.15) is 0 Å². The van der Waals surface area contributed by atoms with Crippen LogP contribution in [-0.2, 0) is 20.0 Å². The molecular weight excluding hydrogens is 374 g/mol. The third kappa shape index (κ3) is 3.59. The lowest BCUT2D eigenvalue weighted by molar-refractivity contribution is 0.555. The average Bonchev–Trinajstić information content (AvgIpc) is 2.89. The Morgan fingerprint density at radius 3 is 2.52 bits per heavy atom. The number of anilines is 2. The van der Waals surface area contributed by atoms with Crippen LogP contribution in [0.4, 0.5) is 20.2 Å². The number of sulfonamides is 2. The molecule has 1 N–H and O–H groups in total. The van der Waals surface area contributed by atoms with Gasteiger partial charge in [0.05, 0.1) is 17.1 Å². The maximum Gasteiger partial charge on any atom is 0.264 e. The second-order valence-electron chi connectivity index (χ2n) is 5.47. The van der Waals surface area contributed by atoms with Gasteiger partial charge in [-0.1, -0.05) is 6.07 Å². The van der Waals surface area contributed by atoms with Crippen molar-refractivity contribution in [3.63, 3.8) is 0 Å². The van der Waals surface area contributed by atoms with Crippen LogP contribution in [-0.4, -0.2) is 29.1 Å². The summed E-state index contributed by atoms with van der Waals surface area (Å²) in [6.07, 6.45) is 0.479. The number of halogens is 2. The molecule has 1 fully saturated rings. The number of hydrogen-bond donors (Lipinski definition) is 1. The van der Waals surface area contributed by atoms with Crippen LogP contribution >= 0.6 is 0 Å². The van der Waals surface area contributed by atoms with Crippen LogP contribution in [0.25, 0.3) is 0 Å². The van der Waals surface area contributed by atoms with Crippen molar-refractivity contribution in [2.45, 2.75) is 11.3 Å². The number of hydrogen-bond acceptors (Lipinski definition) is 4. The molecule has 25 heavy (non-hydrogen) atoms. The van der Waals surface area contributed by atoms with Gasteiger partial charge in [0.2, 0.25) is 10.0 Å². The van der Waals surface area contributed by atoms with Crippen LogP contribution in [0.1, 0.15) is 6.42 Å². The molecule has 10 heteroatoms. The number of nitrogens with zero attached hydrogens (tertiary/aromatic N) is 1. The predicted molar refractivity (Wildman–Crippen MR) is 89.4 cm³/mol. The van der Waals surface area contributed by atoms with E-state index in [-0.39, 0.29) is 11.4 Å². The lowest BCUT2D eigenvalue weighted by Crippen LogP contribution is -2.25. The molecule has 0 aromatic heterocycles. The van der Waals surface area contributed by atoms with Crippen LogP contribution in [0.15, 0.2) is 47.4 Å². The van der Waals surface area contributed by atoms with Gasteiger partial charge < -0.3 is 0 Å². The van der Waals surface area contributed by atoms with Crippen LogP contribution in [0.3, 0.4) is 0 Å². The van der Waals surface area contributed by atoms with Crippen LogP contribution in [0.5, 0.6) is 0 Å². The van der Waals surface area contributed by atoms with E-state index in [9.17, 15) is 25.6 Å². The van der Waals surface area contributed by atoms with E-state index in [1.165, 1.54) is 28.6 Å². The summed E-state index contributed by atoms with van der Waals surface area (Å²) in [4.78, 5) is -0.827. The second-order valence-corrected chi connectivity index (χ2v) is 9.14. The fourth-order valence-corrected chi connectivity index (χ4v) is 5.24. The van der Waals surface area contributed by atoms with E-state index in [1.54, 1.807) is 0 Å². The zero-order valence-electron chi connectivity index (χ0n) is 12.8. The standard InChI is InChI=1S/C15H14F2N2O4S2/c16-11-5-6-14(17)15(9-11)25(22,23)18-12-3-1-4-13(10-12)19-7-2-8-24(19,20)21/h1,3-6,9-10,18H,2,7-8H2. The van der Waals surface area contributed by atoms with Gasteiger partial charge in [0.25, 0.3) is 10.0 Å². The van der Waals surface area contributed by atoms with E-state index in [0.717, 1.165) is 12.1 Å². The van der Waals surface area contributed by atoms with Crippen molar-refractivity contribution in [3.05, 3.63) is 54.1 Å². The molecule has 3 rings (SSSR count). The third-order valence-corrected chi connectivity index (χ3v) is 6.93. The van der Waals surface area contributed by atoms with Crippen molar-refractivity contribution >= 4 is 31.4 Å². The first kappa shape index (κ1) is 17.6. The molecule has 2 aromatic carbocycles. The van der Waals surface area contributed by atoms with Crippen molar-refractivity contribution in [1.29, 1.82) is 0 Å². The van der Waals surface area contributed by atoms with E-state index in [4.69, 9.17) is 0 Å². The molecular formula is C15H14F2N2O4S2. The normalized spacial score (nSPS) is 16.8. The highest BCUT2D eigenvalue weighted by molar-refractivity contribution is 7.93. The minimum atomic E-state index is -4.37. The monoisotopic (exact) mass is 388 g/mol. The second kappa shape index (κ2) is 6.26. The molecule has 1 aliphatic heterocycles. The number of benzene rings is 2. The molecule has 0 radical (unpaired) electrons. The fourth-order valence-electron chi connectivity index (χ4n) is 2.55. The molecule has 1 heterocycles. The molecule has 0 amide bonds. The Morgan fingerprint density at radius 2 is 1.84 bits per heavy atom. The van der Waals surface area contributed by atoms with Crippen LogP contribution < -0.4 is 9.03 Å². The molecule has 0 bridgehead atoms. The zero-order valence-corrected chi connectivity index (χ0v) is 14.4. The SMILES string of the molecule is O=S(=O)(Nc1cccc(N2CCCS2(=O)=O)c1)c1cc(F)ccc1F. The third-order valence-electron chi connectivity index (χ3n) is 3.67.